The first-order valence-corrected chi connectivity index (χ1v) is 4.88. The summed E-state index contributed by atoms with van der Waals surface area (Å²) in [4.78, 5) is 0. The van der Waals surface area contributed by atoms with Crippen molar-refractivity contribution in [2.75, 3.05) is 0 Å². The molecule has 0 amide bonds. The molecule has 1 aromatic rings. The molecule has 0 aliphatic heterocycles. The molecule has 0 fully saturated rings. The van der Waals surface area contributed by atoms with Crippen molar-refractivity contribution in [2.45, 2.75) is 32.8 Å². The maximum Gasteiger partial charge on any atom is 0.0905 e. The van der Waals surface area contributed by atoms with Gasteiger partial charge in [-0.05, 0) is 38.3 Å². The van der Waals surface area contributed by atoms with E-state index in [9.17, 15) is 5.11 Å². The van der Waals surface area contributed by atoms with Crippen LogP contribution < -0.4 is 0 Å². The highest BCUT2D eigenvalue weighted by atomic mass is 16.3. The summed E-state index contributed by atoms with van der Waals surface area (Å²) < 4.78 is 0. The van der Waals surface area contributed by atoms with Gasteiger partial charge >= 0.3 is 0 Å². The fourth-order valence-electron chi connectivity index (χ4n) is 1.71. The molecule has 1 aromatic carbocycles. The minimum absolute atomic E-state index is 0.581. The molecule has 1 atom stereocenters. The third kappa shape index (κ3) is 2.24. The van der Waals surface area contributed by atoms with Crippen molar-refractivity contribution in [2.24, 2.45) is 0 Å². The molecule has 0 radical (unpaired) electrons. The molecule has 1 unspecified atom stereocenters. The van der Waals surface area contributed by atoms with E-state index in [0.717, 1.165) is 11.1 Å². The second-order valence-corrected chi connectivity index (χ2v) is 4.09. The zero-order valence-corrected chi connectivity index (χ0v) is 9.17. The lowest BCUT2D eigenvalue weighted by Crippen LogP contribution is -2.21. The predicted molar refractivity (Wildman–Crippen MR) is 60.3 cm³/mol. The second kappa shape index (κ2) is 3.97. The van der Waals surface area contributed by atoms with E-state index in [0.29, 0.717) is 6.42 Å². The smallest absolute Gasteiger partial charge is 0.0905 e. The summed E-state index contributed by atoms with van der Waals surface area (Å²) in [6.07, 6.45) is 2.33. The largest absolute Gasteiger partial charge is 0.385 e. The van der Waals surface area contributed by atoms with E-state index >= 15 is 0 Å². The zero-order valence-electron chi connectivity index (χ0n) is 9.17. The Kier molecular flexibility index (Phi) is 3.12. The molecular formula is C13H18O. The van der Waals surface area contributed by atoms with Gasteiger partial charge in [-0.15, -0.1) is 6.58 Å². The van der Waals surface area contributed by atoms with Crippen molar-refractivity contribution in [1.29, 1.82) is 0 Å². The van der Waals surface area contributed by atoms with Gasteiger partial charge in [0.1, 0.15) is 0 Å². The van der Waals surface area contributed by atoms with Crippen molar-refractivity contribution in [1.82, 2.24) is 0 Å². The van der Waals surface area contributed by atoms with Gasteiger partial charge in [0.25, 0.3) is 0 Å². The molecule has 0 spiro atoms. The average Bonchev–Trinajstić information content (AvgIpc) is 2.09. The molecule has 0 aliphatic carbocycles. The van der Waals surface area contributed by atoms with E-state index in [1.54, 1.807) is 6.08 Å². The Labute approximate surface area is 86.1 Å². The number of hydrogen-bond donors (Lipinski definition) is 1. The van der Waals surface area contributed by atoms with Crippen LogP contribution in [0, 0.1) is 13.8 Å². The Balaban J connectivity index is 3.16. The fraction of sp³-hybridized carbons (Fsp3) is 0.385. The van der Waals surface area contributed by atoms with E-state index in [1.165, 1.54) is 5.56 Å². The molecule has 1 rings (SSSR count). The van der Waals surface area contributed by atoms with E-state index < -0.39 is 5.60 Å². The van der Waals surface area contributed by atoms with Crippen LogP contribution in [0.15, 0.2) is 30.9 Å². The van der Waals surface area contributed by atoms with Crippen molar-refractivity contribution >= 4 is 0 Å². The first-order valence-electron chi connectivity index (χ1n) is 4.88. The Morgan fingerprint density at radius 2 is 2.07 bits per heavy atom. The van der Waals surface area contributed by atoms with E-state index in [2.05, 4.69) is 12.6 Å². The number of rotatable bonds is 3. The Morgan fingerprint density at radius 1 is 1.43 bits per heavy atom. The van der Waals surface area contributed by atoms with Gasteiger partial charge in [-0.1, -0.05) is 29.8 Å². The number of aryl methyl sites for hydroxylation is 2. The minimum Gasteiger partial charge on any atom is -0.385 e. The molecule has 1 heteroatoms. The monoisotopic (exact) mass is 190 g/mol. The van der Waals surface area contributed by atoms with Crippen molar-refractivity contribution in [3.8, 4) is 0 Å². The molecular weight excluding hydrogens is 172 g/mol. The van der Waals surface area contributed by atoms with Crippen molar-refractivity contribution < 1.29 is 5.11 Å². The van der Waals surface area contributed by atoms with Crippen molar-refractivity contribution in [3.05, 3.63) is 47.5 Å². The van der Waals surface area contributed by atoms with Gasteiger partial charge in [-0.25, -0.2) is 0 Å². The minimum atomic E-state index is -0.794. The topological polar surface area (TPSA) is 20.2 Å². The Bertz CT molecular complexity index is 337. The average molecular weight is 190 g/mol. The van der Waals surface area contributed by atoms with Crippen LogP contribution in [0.4, 0.5) is 0 Å². The molecule has 0 saturated carbocycles. The van der Waals surface area contributed by atoms with Crippen LogP contribution in [0.5, 0.6) is 0 Å². The second-order valence-electron chi connectivity index (χ2n) is 4.09. The summed E-state index contributed by atoms with van der Waals surface area (Å²) in [5.74, 6) is 0. The first-order chi connectivity index (χ1) is 6.47. The van der Waals surface area contributed by atoms with Crippen LogP contribution in [0.3, 0.4) is 0 Å². The molecule has 0 aliphatic rings. The van der Waals surface area contributed by atoms with E-state index in [-0.39, 0.29) is 0 Å². The predicted octanol–water partition coefficient (Wildman–Crippen LogP) is 3.09. The van der Waals surface area contributed by atoms with Crippen LogP contribution in [0.2, 0.25) is 0 Å². The quantitative estimate of drug-likeness (QED) is 0.726. The van der Waals surface area contributed by atoms with Gasteiger partial charge in [-0.3, -0.25) is 0 Å². The standard InChI is InChI=1S/C13H18O/c1-5-8-13(4,14)12-9-10(2)6-7-11(12)3/h5-7,9,14H,1,8H2,2-4H3. The highest BCUT2D eigenvalue weighted by molar-refractivity contribution is 5.34. The number of benzene rings is 1. The Morgan fingerprint density at radius 3 is 2.64 bits per heavy atom. The first kappa shape index (κ1) is 11.0. The van der Waals surface area contributed by atoms with Gasteiger partial charge in [0, 0.05) is 0 Å². The molecule has 1 N–H and O–H groups in total. The van der Waals surface area contributed by atoms with Gasteiger partial charge in [-0.2, -0.15) is 0 Å². The molecule has 0 heterocycles. The number of aliphatic hydroxyl groups is 1. The highest BCUT2D eigenvalue weighted by Crippen LogP contribution is 2.28. The maximum atomic E-state index is 10.2. The van der Waals surface area contributed by atoms with Gasteiger partial charge in [0.2, 0.25) is 0 Å². The molecule has 0 aromatic heterocycles. The lowest BCUT2D eigenvalue weighted by molar-refractivity contribution is 0.0599. The molecule has 14 heavy (non-hydrogen) atoms. The van der Waals surface area contributed by atoms with Crippen LogP contribution in [-0.2, 0) is 5.60 Å². The molecule has 0 bridgehead atoms. The Hall–Kier alpha value is -1.08. The summed E-state index contributed by atoms with van der Waals surface area (Å²) in [7, 11) is 0. The normalized spacial score (nSPS) is 14.9. The molecule has 76 valence electrons. The summed E-state index contributed by atoms with van der Waals surface area (Å²) >= 11 is 0. The zero-order chi connectivity index (χ0) is 10.8. The third-order valence-electron chi connectivity index (χ3n) is 2.52. The summed E-state index contributed by atoms with van der Waals surface area (Å²) in [5, 5.41) is 10.2. The molecule has 0 saturated heterocycles. The third-order valence-corrected chi connectivity index (χ3v) is 2.52. The summed E-state index contributed by atoms with van der Waals surface area (Å²) in [6.45, 7) is 9.55. The highest BCUT2D eigenvalue weighted by Gasteiger charge is 2.22. The summed E-state index contributed by atoms with van der Waals surface area (Å²) in [5.41, 5.74) is 2.51. The van der Waals surface area contributed by atoms with Gasteiger partial charge in [0.05, 0.1) is 5.60 Å². The van der Waals surface area contributed by atoms with E-state index in [4.69, 9.17) is 0 Å². The van der Waals surface area contributed by atoms with E-state index in [1.807, 2.05) is 32.9 Å². The van der Waals surface area contributed by atoms with Gasteiger partial charge in [0.15, 0.2) is 0 Å². The SMILES string of the molecule is C=CCC(C)(O)c1cc(C)ccc1C. The van der Waals surface area contributed by atoms with Gasteiger partial charge < -0.3 is 5.11 Å². The van der Waals surface area contributed by atoms with Crippen LogP contribution >= 0.6 is 0 Å². The van der Waals surface area contributed by atoms with Crippen LogP contribution in [0.25, 0.3) is 0 Å². The number of hydrogen-bond acceptors (Lipinski definition) is 1. The van der Waals surface area contributed by atoms with Crippen molar-refractivity contribution in [3.63, 3.8) is 0 Å². The van der Waals surface area contributed by atoms with Crippen LogP contribution in [-0.4, -0.2) is 5.11 Å². The fourth-order valence-corrected chi connectivity index (χ4v) is 1.71. The summed E-state index contributed by atoms with van der Waals surface area (Å²) in [6, 6.07) is 6.14. The lowest BCUT2D eigenvalue weighted by atomic mass is 9.88. The lowest BCUT2D eigenvalue weighted by Gasteiger charge is -2.24. The maximum absolute atomic E-state index is 10.2. The molecule has 1 nitrogen and oxygen atoms in total. The van der Waals surface area contributed by atoms with Crippen LogP contribution in [0.1, 0.15) is 30.0 Å².